The number of carbonyl (C=O) groups is 1. The average Bonchev–Trinajstić information content (AvgIpc) is 2.68. The lowest BCUT2D eigenvalue weighted by atomic mass is 10.0. The van der Waals surface area contributed by atoms with E-state index in [9.17, 15) is 4.79 Å². The summed E-state index contributed by atoms with van der Waals surface area (Å²) < 4.78 is 11.2. The van der Waals surface area contributed by atoms with E-state index in [4.69, 9.17) is 15.2 Å². The molecule has 0 spiro atoms. The van der Waals surface area contributed by atoms with Crippen LogP contribution in [0.1, 0.15) is 25.8 Å². The molecule has 1 amide bonds. The summed E-state index contributed by atoms with van der Waals surface area (Å²) in [5.74, 6) is 1.28. The smallest absolute Gasteiger partial charge is 0.224 e. The summed E-state index contributed by atoms with van der Waals surface area (Å²) in [5.41, 5.74) is 6.70. The zero-order chi connectivity index (χ0) is 14.5. The van der Waals surface area contributed by atoms with Crippen LogP contribution >= 0.6 is 12.4 Å². The minimum atomic E-state index is -0.199. The van der Waals surface area contributed by atoms with Gasteiger partial charge in [-0.1, -0.05) is 13.0 Å². The topological polar surface area (TPSA) is 73.6 Å². The van der Waals surface area contributed by atoms with Crippen molar-refractivity contribution in [1.29, 1.82) is 0 Å². The van der Waals surface area contributed by atoms with Gasteiger partial charge < -0.3 is 20.5 Å². The number of amides is 1. The van der Waals surface area contributed by atoms with Crippen molar-refractivity contribution in [3.63, 3.8) is 0 Å². The monoisotopic (exact) mass is 314 g/mol. The molecule has 0 aromatic heterocycles. The number of halogens is 1. The standard InChI is InChI=1S/C15H22N2O3.ClH/c1-10(11(2)16)15(18)17-9-12-4-5-13-14(8-12)20-7-3-6-19-13;/h4-5,8,10-11H,3,6-7,9,16H2,1-2H3,(H,17,18);1H. The van der Waals surface area contributed by atoms with Crippen molar-refractivity contribution in [1.82, 2.24) is 5.32 Å². The van der Waals surface area contributed by atoms with Gasteiger partial charge in [-0.15, -0.1) is 12.4 Å². The first-order valence-electron chi connectivity index (χ1n) is 6.99. The third-order valence-corrected chi connectivity index (χ3v) is 3.48. The van der Waals surface area contributed by atoms with Gasteiger partial charge in [0.05, 0.1) is 13.2 Å². The van der Waals surface area contributed by atoms with Crippen molar-refractivity contribution in [3.05, 3.63) is 23.8 Å². The van der Waals surface area contributed by atoms with Gasteiger partial charge in [0.1, 0.15) is 0 Å². The van der Waals surface area contributed by atoms with E-state index in [1.165, 1.54) is 0 Å². The third kappa shape index (κ3) is 4.79. The van der Waals surface area contributed by atoms with E-state index in [1.54, 1.807) is 0 Å². The predicted octanol–water partition coefficient (Wildman–Crippen LogP) is 1.87. The second-order valence-electron chi connectivity index (χ2n) is 5.20. The number of fused-ring (bicyclic) bond motifs is 1. The normalized spacial score (nSPS) is 16.1. The van der Waals surface area contributed by atoms with Gasteiger partial charge in [-0.2, -0.15) is 0 Å². The predicted molar refractivity (Wildman–Crippen MR) is 84.0 cm³/mol. The molecule has 1 heterocycles. The Kier molecular flexibility index (Phi) is 6.78. The summed E-state index contributed by atoms with van der Waals surface area (Å²) in [7, 11) is 0. The summed E-state index contributed by atoms with van der Waals surface area (Å²) >= 11 is 0. The number of nitrogens with two attached hydrogens (primary N) is 1. The lowest BCUT2D eigenvalue weighted by Gasteiger charge is -2.16. The molecule has 0 fully saturated rings. The Balaban J connectivity index is 0.00000220. The van der Waals surface area contributed by atoms with E-state index in [0.29, 0.717) is 19.8 Å². The molecule has 1 aliphatic heterocycles. The molecule has 118 valence electrons. The molecular weight excluding hydrogens is 292 g/mol. The molecule has 0 bridgehead atoms. The molecule has 0 saturated carbocycles. The van der Waals surface area contributed by atoms with E-state index in [2.05, 4.69) is 5.32 Å². The molecular formula is C15H23ClN2O3. The van der Waals surface area contributed by atoms with Crippen LogP contribution in [-0.4, -0.2) is 25.2 Å². The van der Waals surface area contributed by atoms with E-state index < -0.39 is 0 Å². The highest BCUT2D eigenvalue weighted by atomic mass is 35.5. The van der Waals surface area contributed by atoms with Crippen LogP contribution in [0.15, 0.2) is 18.2 Å². The first kappa shape index (κ1) is 17.6. The minimum Gasteiger partial charge on any atom is -0.490 e. The minimum absolute atomic E-state index is 0. The molecule has 3 N–H and O–H groups in total. The van der Waals surface area contributed by atoms with Gasteiger partial charge in [0.15, 0.2) is 11.5 Å². The molecule has 0 aliphatic carbocycles. The summed E-state index contributed by atoms with van der Waals surface area (Å²) in [6.45, 7) is 5.46. The van der Waals surface area contributed by atoms with Gasteiger partial charge in [-0.25, -0.2) is 0 Å². The zero-order valence-electron chi connectivity index (χ0n) is 12.4. The first-order valence-corrected chi connectivity index (χ1v) is 6.99. The van der Waals surface area contributed by atoms with Crippen LogP contribution in [0.2, 0.25) is 0 Å². The molecule has 5 nitrogen and oxygen atoms in total. The van der Waals surface area contributed by atoms with Crippen molar-refractivity contribution < 1.29 is 14.3 Å². The van der Waals surface area contributed by atoms with Crippen molar-refractivity contribution in [2.45, 2.75) is 32.9 Å². The second-order valence-corrected chi connectivity index (χ2v) is 5.20. The molecule has 0 radical (unpaired) electrons. The lowest BCUT2D eigenvalue weighted by Crippen LogP contribution is -2.38. The quantitative estimate of drug-likeness (QED) is 0.890. The highest BCUT2D eigenvalue weighted by Crippen LogP contribution is 2.30. The van der Waals surface area contributed by atoms with E-state index >= 15 is 0 Å². The number of carbonyl (C=O) groups excluding carboxylic acids is 1. The van der Waals surface area contributed by atoms with Crippen molar-refractivity contribution in [2.75, 3.05) is 13.2 Å². The molecule has 2 atom stereocenters. The number of ether oxygens (including phenoxy) is 2. The van der Waals surface area contributed by atoms with Crippen LogP contribution in [0.25, 0.3) is 0 Å². The van der Waals surface area contributed by atoms with Crippen molar-refractivity contribution >= 4 is 18.3 Å². The Morgan fingerprint density at radius 3 is 2.62 bits per heavy atom. The summed E-state index contributed by atoms with van der Waals surface area (Å²) in [6, 6.07) is 5.58. The SMILES string of the molecule is CC(N)C(C)C(=O)NCc1ccc2c(c1)OCCCO2.Cl. The van der Waals surface area contributed by atoms with Gasteiger partial charge in [-0.05, 0) is 24.6 Å². The lowest BCUT2D eigenvalue weighted by molar-refractivity contribution is -0.125. The Labute approximate surface area is 131 Å². The largest absolute Gasteiger partial charge is 0.490 e. The maximum Gasteiger partial charge on any atom is 0.224 e. The Bertz CT molecular complexity index is 480. The van der Waals surface area contributed by atoms with Gasteiger partial charge in [0.25, 0.3) is 0 Å². The second kappa shape index (κ2) is 8.10. The van der Waals surface area contributed by atoms with Crippen LogP contribution in [0.5, 0.6) is 11.5 Å². The Morgan fingerprint density at radius 2 is 1.95 bits per heavy atom. The fourth-order valence-electron chi connectivity index (χ4n) is 1.91. The summed E-state index contributed by atoms with van der Waals surface area (Å²) in [4.78, 5) is 11.9. The molecule has 1 aromatic carbocycles. The molecule has 1 aliphatic rings. The Hall–Kier alpha value is -1.46. The van der Waals surface area contributed by atoms with Gasteiger partial charge in [0.2, 0.25) is 5.91 Å². The van der Waals surface area contributed by atoms with Crippen LogP contribution in [0.3, 0.4) is 0 Å². The van der Waals surface area contributed by atoms with Crippen molar-refractivity contribution in [2.24, 2.45) is 11.7 Å². The molecule has 0 saturated heterocycles. The van der Waals surface area contributed by atoms with Crippen molar-refractivity contribution in [3.8, 4) is 11.5 Å². The highest BCUT2D eigenvalue weighted by Gasteiger charge is 2.17. The molecule has 21 heavy (non-hydrogen) atoms. The van der Waals surface area contributed by atoms with Gasteiger partial charge >= 0.3 is 0 Å². The van der Waals surface area contributed by atoms with Crippen LogP contribution in [-0.2, 0) is 11.3 Å². The first-order chi connectivity index (χ1) is 9.58. The number of hydrogen-bond acceptors (Lipinski definition) is 4. The fourth-order valence-corrected chi connectivity index (χ4v) is 1.91. The van der Waals surface area contributed by atoms with Crippen LogP contribution in [0, 0.1) is 5.92 Å². The molecule has 1 aromatic rings. The molecule has 2 unspecified atom stereocenters. The van der Waals surface area contributed by atoms with Crippen LogP contribution in [0.4, 0.5) is 0 Å². The summed E-state index contributed by atoms with van der Waals surface area (Å²) in [6.07, 6.45) is 0.882. The molecule has 2 rings (SSSR count). The number of hydrogen-bond donors (Lipinski definition) is 2. The summed E-state index contributed by atoms with van der Waals surface area (Å²) in [5, 5.41) is 2.89. The maximum absolute atomic E-state index is 11.9. The fraction of sp³-hybridized carbons (Fsp3) is 0.533. The third-order valence-electron chi connectivity index (χ3n) is 3.48. The van der Waals surface area contributed by atoms with Gasteiger partial charge in [0, 0.05) is 24.9 Å². The highest BCUT2D eigenvalue weighted by molar-refractivity contribution is 5.85. The number of rotatable bonds is 4. The van der Waals surface area contributed by atoms with E-state index in [1.807, 2.05) is 32.0 Å². The number of nitrogens with one attached hydrogen (secondary N) is 1. The van der Waals surface area contributed by atoms with Crippen LogP contribution < -0.4 is 20.5 Å². The van der Waals surface area contributed by atoms with E-state index in [-0.39, 0.29) is 30.3 Å². The van der Waals surface area contributed by atoms with E-state index in [0.717, 1.165) is 23.5 Å². The van der Waals surface area contributed by atoms with Gasteiger partial charge in [-0.3, -0.25) is 4.79 Å². The zero-order valence-corrected chi connectivity index (χ0v) is 13.2. The molecule has 6 heteroatoms. The average molecular weight is 315 g/mol. The maximum atomic E-state index is 11.9. The Morgan fingerprint density at radius 1 is 1.29 bits per heavy atom. The number of benzene rings is 1.